The maximum atomic E-state index is 12.0. The number of aromatic nitrogens is 1. The Morgan fingerprint density at radius 2 is 1.90 bits per heavy atom. The van der Waals surface area contributed by atoms with Crippen molar-refractivity contribution in [3.63, 3.8) is 0 Å². The second-order valence-corrected chi connectivity index (χ2v) is 4.54. The molecule has 0 bridgehead atoms. The number of carbonyl (C=O) groups is 2. The molecule has 0 aliphatic carbocycles. The highest BCUT2D eigenvalue weighted by atomic mass is 35.5. The van der Waals surface area contributed by atoms with E-state index >= 15 is 0 Å². The Kier molecular flexibility index (Phi) is 4.68. The zero-order valence-corrected chi connectivity index (χ0v) is 11.5. The Morgan fingerprint density at radius 3 is 2.57 bits per heavy atom. The Balaban J connectivity index is 2.12. The third-order valence-electron chi connectivity index (χ3n) is 2.55. The molecular weight excluding hydrogens is 292 g/mol. The zero-order chi connectivity index (χ0) is 15.2. The van der Waals surface area contributed by atoms with Gasteiger partial charge < -0.3 is 10.4 Å². The van der Waals surface area contributed by atoms with E-state index in [0.29, 0.717) is 22.0 Å². The molecule has 21 heavy (non-hydrogen) atoms. The molecule has 0 atom stereocenters. The van der Waals surface area contributed by atoms with Crippen molar-refractivity contribution >= 4 is 35.4 Å². The van der Waals surface area contributed by atoms with Crippen LogP contribution in [0.15, 0.2) is 48.7 Å². The third kappa shape index (κ3) is 4.43. The quantitative estimate of drug-likeness (QED) is 0.851. The van der Waals surface area contributed by atoms with Gasteiger partial charge in [-0.2, -0.15) is 0 Å². The van der Waals surface area contributed by atoms with Crippen LogP contribution < -0.4 is 5.32 Å². The summed E-state index contributed by atoms with van der Waals surface area (Å²) in [6.45, 7) is 0. The number of hydrogen-bond acceptors (Lipinski definition) is 3. The van der Waals surface area contributed by atoms with Gasteiger partial charge in [0.05, 0.1) is 0 Å². The average Bonchev–Trinajstić information content (AvgIpc) is 2.46. The summed E-state index contributed by atoms with van der Waals surface area (Å²) in [5, 5.41) is 11.8. The van der Waals surface area contributed by atoms with E-state index in [-0.39, 0.29) is 5.91 Å². The number of nitrogens with zero attached hydrogens (tertiary/aromatic N) is 1. The fourth-order valence-electron chi connectivity index (χ4n) is 1.58. The molecule has 0 aliphatic heterocycles. The van der Waals surface area contributed by atoms with E-state index in [2.05, 4.69) is 10.3 Å². The van der Waals surface area contributed by atoms with Crippen molar-refractivity contribution in [1.29, 1.82) is 0 Å². The van der Waals surface area contributed by atoms with E-state index in [0.717, 1.165) is 6.08 Å². The number of rotatable bonds is 4. The summed E-state index contributed by atoms with van der Waals surface area (Å²) < 4.78 is 0. The van der Waals surface area contributed by atoms with Crippen molar-refractivity contribution in [3.8, 4) is 0 Å². The first-order valence-corrected chi connectivity index (χ1v) is 6.36. The maximum Gasteiger partial charge on any atom is 0.328 e. The first-order chi connectivity index (χ1) is 10.0. The number of pyridine rings is 1. The van der Waals surface area contributed by atoms with Crippen LogP contribution in [0, 0.1) is 0 Å². The fraction of sp³-hybridized carbons (Fsp3) is 0. The van der Waals surface area contributed by atoms with Crippen molar-refractivity contribution in [2.45, 2.75) is 0 Å². The van der Waals surface area contributed by atoms with Crippen LogP contribution >= 0.6 is 11.6 Å². The largest absolute Gasteiger partial charge is 0.478 e. The molecule has 2 N–H and O–H groups in total. The van der Waals surface area contributed by atoms with E-state index in [4.69, 9.17) is 16.7 Å². The van der Waals surface area contributed by atoms with Crippen LogP contribution in [0.5, 0.6) is 0 Å². The molecule has 0 spiro atoms. The van der Waals surface area contributed by atoms with Gasteiger partial charge in [-0.25, -0.2) is 9.78 Å². The minimum absolute atomic E-state index is 0.321. The number of amides is 1. The van der Waals surface area contributed by atoms with E-state index in [1.54, 1.807) is 36.4 Å². The maximum absolute atomic E-state index is 12.0. The topological polar surface area (TPSA) is 79.3 Å². The lowest BCUT2D eigenvalue weighted by Crippen LogP contribution is -2.12. The molecule has 1 amide bonds. The lowest BCUT2D eigenvalue weighted by Gasteiger charge is -2.05. The Labute approximate surface area is 125 Å². The van der Waals surface area contributed by atoms with Crippen LogP contribution in [0.1, 0.15) is 15.9 Å². The first kappa shape index (κ1) is 14.7. The molecule has 2 aromatic rings. The van der Waals surface area contributed by atoms with Crippen LogP contribution in [0.4, 0.5) is 5.82 Å². The van der Waals surface area contributed by atoms with Crippen molar-refractivity contribution < 1.29 is 14.7 Å². The molecule has 0 fully saturated rings. The predicted octanol–water partition coefficient (Wildman–Crippen LogP) is 3.09. The summed E-state index contributed by atoms with van der Waals surface area (Å²) in [7, 11) is 0. The summed E-state index contributed by atoms with van der Waals surface area (Å²) in [4.78, 5) is 26.5. The Morgan fingerprint density at radius 1 is 1.19 bits per heavy atom. The number of anilines is 1. The van der Waals surface area contributed by atoms with Crippen molar-refractivity contribution in [2.75, 3.05) is 5.32 Å². The standard InChI is InChI=1S/C15H11ClN2O3/c16-12-4-2-11(3-5-12)15(21)18-13-9-10(7-8-17-13)1-6-14(19)20/h1-9H,(H,19,20)(H,17,18,21)/b6-1+. The lowest BCUT2D eigenvalue weighted by molar-refractivity contribution is -0.131. The molecule has 0 radical (unpaired) electrons. The minimum Gasteiger partial charge on any atom is -0.478 e. The summed E-state index contributed by atoms with van der Waals surface area (Å²) in [6, 6.07) is 9.66. The van der Waals surface area contributed by atoms with Gasteiger partial charge in [-0.1, -0.05) is 11.6 Å². The van der Waals surface area contributed by atoms with E-state index < -0.39 is 5.97 Å². The van der Waals surface area contributed by atoms with Crippen LogP contribution in [-0.2, 0) is 4.79 Å². The molecule has 1 heterocycles. The summed E-state index contributed by atoms with van der Waals surface area (Å²) in [5.74, 6) is -1.03. The Bertz CT molecular complexity index is 696. The number of hydrogen-bond donors (Lipinski definition) is 2. The van der Waals surface area contributed by atoms with Gasteiger partial charge in [0.25, 0.3) is 5.91 Å². The van der Waals surface area contributed by atoms with E-state index in [1.165, 1.54) is 12.3 Å². The number of carboxylic acid groups (broad SMARTS) is 1. The molecule has 1 aromatic heterocycles. The van der Waals surface area contributed by atoms with Crippen LogP contribution in [-0.4, -0.2) is 22.0 Å². The smallest absolute Gasteiger partial charge is 0.328 e. The number of benzene rings is 1. The number of carboxylic acids is 1. The molecule has 0 aliphatic rings. The SMILES string of the molecule is O=C(O)/C=C/c1ccnc(NC(=O)c2ccc(Cl)cc2)c1. The van der Waals surface area contributed by atoms with Crippen molar-refractivity contribution in [3.05, 3.63) is 64.8 Å². The number of carbonyl (C=O) groups excluding carboxylic acids is 1. The Hall–Kier alpha value is -2.66. The van der Waals surface area contributed by atoms with Crippen LogP contribution in [0.2, 0.25) is 5.02 Å². The van der Waals surface area contributed by atoms with Crippen LogP contribution in [0.3, 0.4) is 0 Å². The zero-order valence-electron chi connectivity index (χ0n) is 10.8. The normalized spacial score (nSPS) is 10.5. The number of halogens is 1. The van der Waals surface area contributed by atoms with Crippen molar-refractivity contribution in [1.82, 2.24) is 4.98 Å². The van der Waals surface area contributed by atoms with Crippen molar-refractivity contribution in [2.24, 2.45) is 0 Å². The molecular formula is C15H11ClN2O3. The molecule has 6 heteroatoms. The van der Waals surface area contributed by atoms with Gasteiger partial charge in [-0.15, -0.1) is 0 Å². The minimum atomic E-state index is -1.04. The van der Waals surface area contributed by atoms with Gasteiger partial charge in [0.15, 0.2) is 0 Å². The predicted molar refractivity (Wildman–Crippen MR) is 80.3 cm³/mol. The first-order valence-electron chi connectivity index (χ1n) is 5.98. The lowest BCUT2D eigenvalue weighted by atomic mass is 10.2. The third-order valence-corrected chi connectivity index (χ3v) is 2.80. The molecule has 2 rings (SSSR count). The highest BCUT2D eigenvalue weighted by Gasteiger charge is 2.06. The van der Waals surface area contributed by atoms with Gasteiger partial charge in [0.1, 0.15) is 5.82 Å². The molecule has 106 valence electrons. The summed E-state index contributed by atoms with van der Waals surface area (Å²) in [6.07, 6.45) is 3.92. The fourth-order valence-corrected chi connectivity index (χ4v) is 1.70. The van der Waals surface area contributed by atoms with Gasteiger partial charge in [-0.05, 0) is 48.0 Å². The molecule has 1 aromatic carbocycles. The van der Waals surface area contributed by atoms with E-state index in [9.17, 15) is 9.59 Å². The van der Waals surface area contributed by atoms with E-state index in [1.807, 2.05) is 0 Å². The highest BCUT2D eigenvalue weighted by Crippen LogP contribution is 2.13. The van der Waals surface area contributed by atoms with Gasteiger partial charge in [-0.3, -0.25) is 4.79 Å². The highest BCUT2D eigenvalue weighted by molar-refractivity contribution is 6.30. The second-order valence-electron chi connectivity index (χ2n) is 4.11. The summed E-state index contributed by atoms with van der Waals surface area (Å²) >= 11 is 5.76. The second kappa shape index (κ2) is 6.67. The van der Waals surface area contributed by atoms with Gasteiger partial charge in [0.2, 0.25) is 0 Å². The molecule has 0 unspecified atom stereocenters. The van der Waals surface area contributed by atoms with Crippen LogP contribution in [0.25, 0.3) is 6.08 Å². The average molecular weight is 303 g/mol. The molecule has 0 saturated heterocycles. The summed E-state index contributed by atoms with van der Waals surface area (Å²) in [5.41, 5.74) is 1.08. The van der Waals surface area contributed by atoms with Gasteiger partial charge in [0, 0.05) is 22.9 Å². The molecule has 0 saturated carbocycles. The monoisotopic (exact) mass is 302 g/mol. The number of nitrogens with one attached hydrogen (secondary N) is 1. The number of aliphatic carboxylic acids is 1. The molecule has 5 nitrogen and oxygen atoms in total. The van der Waals surface area contributed by atoms with Gasteiger partial charge >= 0.3 is 5.97 Å².